The maximum absolute atomic E-state index is 13.8. The minimum atomic E-state index is -4.08. The van der Waals surface area contributed by atoms with Gasteiger partial charge in [0.15, 0.2) is 0 Å². The van der Waals surface area contributed by atoms with E-state index in [1.165, 1.54) is 72.8 Å². The number of nitrogens with zero attached hydrogens (tertiary/aromatic N) is 2. The minimum absolute atomic E-state index is 0.0857. The van der Waals surface area contributed by atoms with Gasteiger partial charge < -0.3 is 9.47 Å². The molecule has 0 saturated heterocycles. The Kier molecular flexibility index (Phi) is 8.69. The van der Waals surface area contributed by atoms with Gasteiger partial charge in [0.05, 0.1) is 50.5 Å². The third kappa shape index (κ3) is 5.84. The van der Waals surface area contributed by atoms with E-state index in [2.05, 4.69) is 45.0 Å². The lowest BCUT2D eigenvalue weighted by atomic mass is 9.78. The van der Waals surface area contributed by atoms with E-state index in [1.807, 2.05) is 24.3 Å². The molecule has 6 aromatic rings. The summed E-state index contributed by atoms with van der Waals surface area (Å²) in [5.41, 5.74) is 4.15. The van der Waals surface area contributed by atoms with E-state index in [4.69, 9.17) is 9.47 Å². The summed E-state index contributed by atoms with van der Waals surface area (Å²) >= 11 is 0. The summed E-state index contributed by atoms with van der Waals surface area (Å²) in [4.78, 5) is 55.5. The molecular weight excluding hydrogens is 729 g/mol. The van der Waals surface area contributed by atoms with Gasteiger partial charge in [-0.1, -0.05) is 67.9 Å². The Morgan fingerprint density at radius 1 is 0.518 bits per heavy atom. The Morgan fingerprint density at radius 3 is 1.41 bits per heavy atom. The van der Waals surface area contributed by atoms with Gasteiger partial charge in [-0.05, 0) is 103 Å². The SMILES string of the molecule is COc1cccc2c1C(=O)N(c1ccc(S(=O)(=O)c3ccc(N4C(=O)c5cccc(Oc6ccc(C(C)(C)c7ccc(C)cc7)cc6)c5C4=O)cc3)cc1)C2=O. The highest BCUT2D eigenvalue weighted by molar-refractivity contribution is 7.91. The largest absolute Gasteiger partial charge is 0.496 e. The average molecular weight is 763 g/mol. The van der Waals surface area contributed by atoms with Crippen LogP contribution >= 0.6 is 0 Å². The molecule has 6 aromatic carbocycles. The monoisotopic (exact) mass is 762 g/mol. The highest BCUT2D eigenvalue weighted by Crippen LogP contribution is 2.39. The Morgan fingerprint density at radius 2 is 0.946 bits per heavy atom. The molecule has 0 radical (unpaired) electrons. The van der Waals surface area contributed by atoms with Gasteiger partial charge in [-0.3, -0.25) is 19.2 Å². The maximum Gasteiger partial charge on any atom is 0.269 e. The number of carbonyl (C=O) groups excluding carboxylic acids is 4. The van der Waals surface area contributed by atoms with E-state index >= 15 is 0 Å². The molecule has 2 aliphatic rings. The molecule has 10 nitrogen and oxygen atoms in total. The normalized spacial score (nSPS) is 13.9. The number of fused-ring (bicyclic) bond motifs is 2. The van der Waals surface area contributed by atoms with Crippen molar-refractivity contribution in [2.24, 2.45) is 0 Å². The van der Waals surface area contributed by atoms with E-state index < -0.39 is 33.5 Å². The fourth-order valence-electron chi connectivity index (χ4n) is 7.12. The molecule has 8 rings (SSSR count). The van der Waals surface area contributed by atoms with Crippen LogP contribution in [0, 0.1) is 6.92 Å². The first-order valence-corrected chi connectivity index (χ1v) is 19.2. The van der Waals surface area contributed by atoms with Gasteiger partial charge in [0.1, 0.15) is 17.2 Å². The van der Waals surface area contributed by atoms with Crippen molar-refractivity contribution < 1.29 is 37.1 Å². The second kappa shape index (κ2) is 13.5. The van der Waals surface area contributed by atoms with Gasteiger partial charge in [0, 0.05) is 5.41 Å². The summed E-state index contributed by atoms with van der Waals surface area (Å²) in [6, 6.07) is 36.4. The summed E-state index contributed by atoms with van der Waals surface area (Å²) in [5, 5.41) is 0. The molecule has 0 fully saturated rings. The number of sulfone groups is 1. The lowest BCUT2D eigenvalue weighted by Gasteiger charge is -2.26. The number of ether oxygens (including phenoxy) is 2. The Labute approximate surface area is 323 Å². The fourth-order valence-corrected chi connectivity index (χ4v) is 8.38. The number of benzene rings is 6. The topological polar surface area (TPSA) is 127 Å². The van der Waals surface area contributed by atoms with Gasteiger partial charge >= 0.3 is 0 Å². The van der Waals surface area contributed by atoms with E-state index in [0.29, 0.717) is 5.75 Å². The van der Waals surface area contributed by atoms with Crippen molar-refractivity contribution in [2.45, 2.75) is 36.0 Å². The van der Waals surface area contributed by atoms with Crippen molar-refractivity contribution in [2.75, 3.05) is 16.9 Å². The predicted octanol–water partition coefficient (Wildman–Crippen LogP) is 8.56. The zero-order chi connectivity index (χ0) is 39.5. The highest BCUT2D eigenvalue weighted by Gasteiger charge is 2.41. The maximum atomic E-state index is 13.8. The summed E-state index contributed by atoms with van der Waals surface area (Å²) in [6.07, 6.45) is 0. The van der Waals surface area contributed by atoms with Gasteiger partial charge in [-0.2, -0.15) is 0 Å². The third-order valence-corrected chi connectivity index (χ3v) is 12.1. The van der Waals surface area contributed by atoms with Crippen LogP contribution in [0.5, 0.6) is 17.2 Å². The van der Waals surface area contributed by atoms with Crippen LogP contribution < -0.4 is 19.3 Å². The van der Waals surface area contributed by atoms with Crippen LogP contribution in [0.3, 0.4) is 0 Å². The molecule has 0 bridgehead atoms. The first kappa shape index (κ1) is 36.1. The number of amides is 4. The molecule has 56 heavy (non-hydrogen) atoms. The molecule has 4 amide bonds. The number of hydrogen-bond acceptors (Lipinski definition) is 8. The summed E-state index contributed by atoms with van der Waals surface area (Å²) in [6.45, 7) is 6.35. The van der Waals surface area contributed by atoms with Crippen molar-refractivity contribution in [3.05, 3.63) is 172 Å². The molecule has 0 atom stereocenters. The van der Waals surface area contributed by atoms with Gasteiger partial charge in [-0.25, -0.2) is 18.2 Å². The standard InChI is InChI=1S/C45H34N2O8S/c1-27-11-13-28(14-12-27)45(2,3)29-15-21-32(22-16-29)55-38-10-6-8-36-40(38)44(51)47(42(36)49)31-19-25-34(26-20-31)56(52,53)33-23-17-30(18-24-33)46-41(48)35-7-5-9-37(54-4)39(35)43(46)50/h5-26H,1-4H3. The Bertz CT molecular complexity index is 2700. The van der Waals surface area contributed by atoms with Crippen LogP contribution in [0.15, 0.2) is 143 Å². The molecule has 0 spiro atoms. The van der Waals surface area contributed by atoms with E-state index in [-0.39, 0.29) is 60.3 Å². The molecular formula is C45H34N2O8S. The molecule has 0 aromatic heterocycles. The lowest BCUT2D eigenvalue weighted by Crippen LogP contribution is -2.29. The molecule has 0 aliphatic carbocycles. The number of hydrogen-bond donors (Lipinski definition) is 0. The Hall–Kier alpha value is -6.85. The zero-order valence-corrected chi connectivity index (χ0v) is 31.6. The molecule has 0 saturated carbocycles. The molecule has 2 heterocycles. The third-order valence-electron chi connectivity index (χ3n) is 10.4. The quantitative estimate of drug-likeness (QED) is 0.134. The van der Waals surface area contributed by atoms with E-state index in [9.17, 15) is 27.6 Å². The predicted molar refractivity (Wildman–Crippen MR) is 210 cm³/mol. The fraction of sp³-hybridized carbons (Fsp3) is 0.111. The lowest BCUT2D eigenvalue weighted by molar-refractivity contribution is 0.0909. The van der Waals surface area contributed by atoms with Crippen LogP contribution in [-0.2, 0) is 15.3 Å². The first-order valence-electron chi connectivity index (χ1n) is 17.7. The molecule has 0 N–H and O–H groups in total. The molecule has 11 heteroatoms. The van der Waals surface area contributed by atoms with E-state index in [1.54, 1.807) is 30.3 Å². The first-order chi connectivity index (χ1) is 26.8. The average Bonchev–Trinajstić information content (AvgIpc) is 3.62. The molecule has 278 valence electrons. The van der Waals surface area contributed by atoms with Crippen LogP contribution in [0.1, 0.15) is 72.0 Å². The van der Waals surface area contributed by atoms with Crippen LogP contribution in [0.4, 0.5) is 11.4 Å². The number of aryl methyl sites for hydroxylation is 1. The van der Waals surface area contributed by atoms with Gasteiger partial charge in [-0.15, -0.1) is 0 Å². The van der Waals surface area contributed by atoms with Gasteiger partial charge in [0.25, 0.3) is 23.6 Å². The van der Waals surface area contributed by atoms with E-state index in [0.717, 1.165) is 15.4 Å². The molecule has 0 unspecified atom stereocenters. The second-order valence-corrected chi connectivity index (χ2v) is 16.0. The van der Waals surface area contributed by atoms with Crippen LogP contribution in [-0.4, -0.2) is 39.2 Å². The highest BCUT2D eigenvalue weighted by atomic mass is 32.2. The number of carbonyl (C=O) groups is 4. The number of rotatable bonds is 9. The van der Waals surface area contributed by atoms with Crippen LogP contribution in [0.25, 0.3) is 0 Å². The van der Waals surface area contributed by atoms with Gasteiger partial charge in [0.2, 0.25) is 9.84 Å². The number of anilines is 2. The number of imide groups is 2. The summed E-state index contributed by atoms with van der Waals surface area (Å²) in [5.74, 6) is -1.32. The minimum Gasteiger partial charge on any atom is -0.496 e. The second-order valence-electron chi connectivity index (χ2n) is 14.1. The summed E-state index contributed by atoms with van der Waals surface area (Å²) in [7, 11) is -2.67. The number of methoxy groups -OCH3 is 1. The van der Waals surface area contributed by atoms with Crippen molar-refractivity contribution in [1.82, 2.24) is 0 Å². The van der Waals surface area contributed by atoms with Crippen molar-refractivity contribution >= 4 is 44.8 Å². The summed E-state index contributed by atoms with van der Waals surface area (Å²) < 4.78 is 38.7. The Balaban J connectivity index is 0.993. The van der Waals surface area contributed by atoms with Crippen LogP contribution in [0.2, 0.25) is 0 Å². The molecule has 2 aliphatic heterocycles. The zero-order valence-electron chi connectivity index (χ0n) is 30.8. The van der Waals surface area contributed by atoms with Crippen molar-refractivity contribution in [1.29, 1.82) is 0 Å². The van der Waals surface area contributed by atoms with Crippen molar-refractivity contribution in [3.63, 3.8) is 0 Å². The smallest absolute Gasteiger partial charge is 0.269 e. The van der Waals surface area contributed by atoms with Crippen molar-refractivity contribution in [3.8, 4) is 17.2 Å².